The average Bonchev–Trinajstić information content (AvgIpc) is 1.88. The van der Waals surface area contributed by atoms with E-state index in [-0.39, 0.29) is 0 Å². The molecular weight excluding hydrogens is 120 g/mol. The molecule has 0 fully saturated rings. The standard InChI is InChI=1S/C10H18/c1-5-6-7-8-10(4)9(2)3/h6-9H,5H2,1-4H3/b7-6+,10-8+. The van der Waals surface area contributed by atoms with Crippen molar-refractivity contribution in [3.63, 3.8) is 0 Å². The van der Waals surface area contributed by atoms with Gasteiger partial charge in [-0.1, -0.05) is 44.6 Å². The molecule has 0 heteroatoms. The molecule has 0 saturated carbocycles. The molecule has 0 heterocycles. The van der Waals surface area contributed by atoms with Crippen LogP contribution in [0.3, 0.4) is 0 Å². The SMILES string of the molecule is CC/C=C/C=C(\C)C(C)C. The van der Waals surface area contributed by atoms with E-state index in [4.69, 9.17) is 0 Å². The van der Waals surface area contributed by atoms with Gasteiger partial charge in [0.2, 0.25) is 0 Å². The minimum absolute atomic E-state index is 0.682. The molecule has 0 aliphatic rings. The van der Waals surface area contributed by atoms with Crippen LogP contribution in [0.4, 0.5) is 0 Å². The molecule has 0 aromatic carbocycles. The Kier molecular flexibility index (Phi) is 5.00. The molecular formula is C10H18. The Balaban J connectivity index is 3.79. The van der Waals surface area contributed by atoms with E-state index in [0.29, 0.717) is 5.92 Å². The predicted molar refractivity (Wildman–Crippen MR) is 48.0 cm³/mol. The van der Waals surface area contributed by atoms with Crippen LogP contribution < -0.4 is 0 Å². The number of rotatable bonds is 3. The fourth-order valence-corrected chi connectivity index (χ4v) is 0.548. The van der Waals surface area contributed by atoms with Crippen molar-refractivity contribution < 1.29 is 0 Å². The summed E-state index contributed by atoms with van der Waals surface area (Å²) in [6.45, 7) is 8.75. The third-order valence-electron chi connectivity index (χ3n) is 1.64. The Morgan fingerprint density at radius 2 is 2.00 bits per heavy atom. The molecule has 0 aromatic heterocycles. The Morgan fingerprint density at radius 3 is 2.40 bits per heavy atom. The van der Waals surface area contributed by atoms with E-state index in [1.807, 2.05) is 0 Å². The molecule has 0 saturated heterocycles. The Bertz CT molecular complexity index is 127. The van der Waals surface area contributed by atoms with Crippen LogP contribution in [-0.4, -0.2) is 0 Å². The van der Waals surface area contributed by atoms with Gasteiger partial charge >= 0.3 is 0 Å². The van der Waals surface area contributed by atoms with Crippen LogP contribution in [0, 0.1) is 5.92 Å². The van der Waals surface area contributed by atoms with Crippen LogP contribution in [-0.2, 0) is 0 Å². The molecule has 0 radical (unpaired) electrons. The summed E-state index contributed by atoms with van der Waals surface area (Å²) in [6.07, 6.45) is 7.62. The summed E-state index contributed by atoms with van der Waals surface area (Å²) in [7, 11) is 0. The van der Waals surface area contributed by atoms with Crippen molar-refractivity contribution in [2.45, 2.75) is 34.1 Å². The van der Waals surface area contributed by atoms with Crippen LogP contribution in [0.5, 0.6) is 0 Å². The highest BCUT2D eigenvalue weighted by Gasteiger charge is 1.91. The van der Waals surface area contributed by atoms with Gasteiger partial charge in [-0.15, -0.1) is 0 Å². The van der Waals surface area contributed by atoms with Gasteiger partial charge in [0.05, 0.1) is 0 Å². The molecule has 0 spiro atoms. The van der Waals surface area contributed by atoms with Crippen molar-refractivity contribution in [3.8, 4) is 0 Å². The fraction of sp³-hybridized carbons (Fsp3) is 0.600. The van der Waals surface area contributed by atoms with Crippen LogP contribution >= 0.6 is 0 Å². The van der Waals surface area contributed by atoms with Crippen LogP contribution in [0.15, 0.2) is 23.8 Å². The van der Waals surface area contributed by atoms with E-state index >= 15 is 0 Å². The summed E-state index contributed by atoms with van der Waals surface area (Å²) in [5, 5.41) is 0. The molecule has 10 heavy (non-hydrogen) atoms. The summed E-state index contributed by atoms with van der Waals surface area (Å²) >= 11 is 0. The van der Waals surface area contributed by atoms with E-state index < -0.39 is 0 Å². The van der Waals surface area contributed by atoms with Crippen molar-refractivity contribution in [2.75, 3.05) is 0 Å². The molecule has 0 atom stereocenters. The predicted octanol–water partition coefficient (Wildman–Crippen LogP) is 3.55. The Morgan fingerprint density at radius 1 is 1.40 bits per heavy atom. The minimum atomic E-state index is 0.682. The maximum absolute atomic E-state index is 2.21. The van der Waals surface area contributed by atoms with E-state index in [0.717, 1.165) is 6.42 Å². The minimum Gasteiger partial charge on any atom is -0.0848 e. The van der Waals surface area contributed by atoms with Crippen LogP contribution in [0.25, 0.3) is 0 Å². The highest BCUT2D eigenvalue weighted by Crippen LogP contribution is 2.07. The maximum Gasteiger partial charge on any atom is -0.0260 e. The smallest absolute Gasteiger partial charge is 0.0260 e. The van der Waals surface area contributed by atoms with Gasteiger partial charge < -0.3 is 0 Å². The molecule has 0 bridgehead atoms. The van der Waals surface area contributed by atoms with E-state index in [2.05, 4.69) is 45.9 Å². The lowest BCUT2D eigenvalue weighted by Gasteiger charge is -2.01. The number of hydrogen-bond donors (Lipinski definition) is 0. The van der Waals surface area contributed by atoms with Gasteiger partial charge in [0.25, 0.3) is 0 Å². The largest absolute Gasteiger partial charge is 0.0848 e. The summed E-state index contributed by atoms with van der Waals surface area (Å²) in [4.78, 5) is 0. The van der Waals surface area contributed by atoms with Gasteiger partial charge in [0.1, 0.15) is 0 Å². The highest BCUT2D eigenvalue weighted by molar-refractivity contribution is 5.11. The highest BCUT2D eigenvalue weighted by atomic mass is 14.0. The quantitative estimate of drug-likeness (QED) is 0.523. The first-order valence-electron chi connectivity index (χ1n) is 4.01. The first-order chi connectivity index (χ1) is 4.68. The summed E-state index contributed by atoms with van der Waals surface area (Å²) in [6, 6.07) is 0. The van der Waals surface area contributed by atoms with Crippen molar-refractivity contribution in [1.29, 1.82) is 0 Å². The van der Waals surface area contributed by atoms with Gasteiger partial charge in [-0.2, -0.15) is 0 Å². The maximum atomic E-state index is 2.21. The van der Waals surface area contributed by atoms with Gasteiger partial charge in [-0.3, -0.25) is 0 Å². The summed E-state index contributed by atoms with van der Waals surface area (Å²) in [5.41, 5.74) is 1.45. The second-order valence-corrected chi connectivity index (χ2v) is 2.90. The molecule has 0 unspecified atom stereocenters. The lowest BCUT2D eigenvalue weighted by Crippen LogP contribution is -1.86. The Labute approximate surface area is 64.6 Å². The van der Waals surface area contributed by atoms with Gasteiger partial charge in [-0.25, -0.2) is 0 Å². The van der Waals surface area contributed by atoms with Gasteiger partial charge in [0.15, 0.2) is 0 Å². The molecule has 0 nitrogen and oxygen atoms in total. The third-order valence-corrected chi connectivity index (χ3v) is 1.64. The molecule has 0 N–H and O–H groups in total. The molecule has 58 valence electrons. The average molecular weight is 138 g/mol. The second kappa shape index (κ2) is 5.28. The van der Waals surface area contributed by atoms with E-state index in [1.165, 1.54) is 5.57 Å². The zero-order valence-electron chi connectivity index (χ0n) is 7.52. The van der Waals surface area contributed by atoms with Crippen molar-refractivity contribution >= 4 is 0 Å². The first kappa shape index (κ1) is 9.48. The van der Waals surface area contributed by atoms with Crippen molar-refractivity contribution in [3.05, 3.63) is 23.8 Å². The van der Waals surface area contributed by atoms with E-state index in [1.54, 1.807) is 0 Å². The van der Waals surface area contributed by atoms with Gasteiger partial charge in [-0.05, 0) is 19.3 Å². The van der Waals surface area contributed by atoms with Crippen molar-refractivity contribution in [2.24, 2.45) is 5.92 Å². The lowest BCUT2D eigenvalue weighted by atomic mass is 10.1. The normalized spacial score (nSPS) is 13.5. The summed E-state index contributed by atoms with van der Waals surface area (Å²) < 4.78 is 0. The molecule has 0 rings (SSSR count). The zero-order chi connectivity index (χ0) is 7.98. The number of hydrogen-bond acceptors (Lipinski definition) is 0. The van der Waals surface area contributed by atoms with E-state index in [9.17, 15) is 0 Å². The number of allylic oxidation sites excluding steroid dienone is 4. The van der Waals surface area contributed by atoms with Crippen molar-refractivity contribution in [1.82, 2.24) is 0 Å². The lowest BCUT2D eigenvalue weighted by molar-refractivity contribution is 0.769. The monoisotopic (exact) mass is 138 g/mol. The van der Waals surface area contributed by atoms with Crippen LogP contribution in [0.1, 0.15) is 34.1 Å². The Hall–Kier alpha value is -0.520. The first-order valence-corrected chi connectivity index (χ1v) is 4.01. The summed E-state index contributed by atoms with van der Waals surface area (Å²) in [5.74, 6) is 0.682. The molecule has 0 aliphatic carbocycles. The van der Waals surface area contributed by atoms with Gasteiger partial charge in [0, 0.05) is 0 Å². The third kappa shape index (κ3) is 4.37. The topological polar surface area (TPSA) is 0 Å². The zero-order valence-corrected chi connectivity index (χ0v) is 7.52. The fourth-order valence-electron chi connectivity index (χ4n) is 0.548. The molecule has 0 amide bonds. The van der Waals surface area contributed by atoms with Crippen LogP contribution in [0.2, 0.25) is 0 Å². The molecule has 0 aliphatic heterocycles. The second-order valence-electron chi connectivity index (χ2n) is 2.90. The molecule has 0 aromatic rings.